The molecule has 0 unspecified atom stereocenters. The van der Waals surface area contributed by atoms with Gasteiger partial charge in [0.15, 0.2) is 5.69 Å². The van der Waals surface area contributed by atoms with Crippen molar-refractivity contribution >= 4 is 12.0 Å². The SMILES string of the molecule is Cn1nc(C(=O)N2CCCC2)c2c1CN(C(=O)OC(C)(C)C)CC2. The number of aromatic nitrogens is 2. The van der Waals surface area contributed by atoms with Gasteiger partial charge in [-0.3, -0.25) is 9.48 Å². The van der Waals surface area contributed by atoms with E-state index in [4.69, 9.17) is 4.74 Å². The molecule has 0 spiro atoms. The quantitative estimate of drug-likeness (QED) is 0.787. The molecule has 2 aliphatic heterocycles. The van der Waals surface area contributed by atoms with E-state index >= 15 is 0 Å². The van der Waals surface area contributed by atoms with Crippen molar-refractivity contribution in [2.75, 3.05) is 19.6 Å². The van der Waals surface area contributed by atoms with Crippen LogP contribution in [0.3, 0.4) is 0 Å². The highest BCUT2D eigenvalue weighted by Crippen LogP contribution is 2.25. The molecule has 0 N–H and O–H groups in total. The van der Waals surface area contributed by atoms with Crippen LogP contribution in [0, 0.1) is 0 Å². The highest BCUT2D eigenvalue weighted by molar-refractivity contribution is 5.94. The summed E-state index contributed by atoms with van der Waals surface area (Å²) in [5.74, 6) is 0.0232. The molecule has 0 bridgehead atoms. The number of rotatable bonds is 1. The summed E-state index contributed by atoms with van der Waals surface area (Å²) in [6.07, 6.45) is 2.44. The Balaban J connectivity index is 1.78. The van der Waals surface area contributed by atoms with Crippen LogP contribution in [-0.2, 0) is 24.8 Å². The second-order valence-electron chi connectivity index (χ2n) is 7.55. The van der Waals surface area contributed by atoms with Crippen LogP contribution in [0.25, 0.3) is 0 Å². The van der Waals surface area contributed by atoms with E-state index in [1.54, 1.807) is 9.58 Å². The summed E-state index contributed by atoms with van der Waals surface area (Å²) < 4.78 is 7.18. The maximum Gasteiger partial charge on any atom is 0.410 e. The van der Waals surface area contributed by atoms with E-state index < -0.39 is 5.60 Å². The molecule has 1 fully saturated rings. The van der Waals surface area contributed by atoms with Gasteiger partial charge >= 0.3 is 6.09 Å². The minimum absolute atomic E-state index is 0.0232. The number of likely N-dealkylation sites (tertiary alicyclic amines) is 1. The molecule has 0 radical (unpaired) electrons. The molecule has 0 saturated carbocycles. The third-order valence-corrected chi connectivity index (χ3v) is 4.49. The zero-order valence-electron chi connectivity index (χ0n) is 15.0. The monoisotopic (exact) mass is 334 g/mol. The van der Waals surface area contributed by atoms with Crippen LogP contribution in [0.2, 0.25) is 0 Å². The Morgan fingerprint density at radius 2 is 1.75 bits per heavy atom. The minimum Gasteiger partial charge on any atom is -0.444 e. The summed E-state index contributed by atoms with van der Waals surface area (Å²) in [7, 11) is 1.83. The van der Waals surface area contributed by atoms with E-state index in [1.165, 1.54) is 0 Å². The van der Waals surface area contributed by atoms with Crippen molar-refractivity contribution in [2.24, 2.45) is 7.05 Å². The predicted molar refractivity (Wildman–Crippen MR) is 88.7 cm³/mol. The van der Waals surface area contributed by atoms with Gasteiger partial charge in [0, 0.05) is 32.2 Å². The third kappa shape index (κ3) is 3.25. The fourth-order valence-corrected chi connectivity index (χ4v) is 3.29. The van der Waals surface area contributed by atoms with Crippen LogP contribution >= 0.6 is 0 Å². The van der Waals surface area contributed by atoms with Gasteiger partial charge in [0.05, 0.1) is 12.2 Å². The fraction of sp³-hybridized carbons (Fsp3) is 0.706. The van der Waals surface area contributed by atoms with Gasteiger partial charge in [-0.15, -0.1) is 0 Å². The van der Waals surface area contributed by atoms with Crippen LogP contribution < -0.4 is 0 Å². The second kappa shape index (κ2) is 6.11. The van der Waals surface area contributed by atoms with Gasteiger partial charge in [0.1, 0.15) is 5.60 Å². The number of hydrogen-bond donors (Lipinski definition) is 0. The lowest BCUT2D eigenvalue weighted by Crippen LogP contribution is -2.40. The Bertz CT molecular complexity index is 654. The zero-order chi connectivity index (χ0) is 17.5. The molecule has 2 aliphatic rings. The van der Waals surface area contributed by atoms with Crippen molar-refractivity contribution in [1.82, 2.24) is 19.6 Å². The standard InChI is InChI=1S/C17H26N4O3/c1-17(2,3)24-16(23)21-10-7-12-13(11-21)19(4)18-14(12)15(22)20-8-5-6-9-20/h5-11H2,1-4H3. The lowest BCUT2D eigenvalue weighted by Gasteiger charge is -2.30. The summed E-state index contributed by atoms with van der Waals surface area (Å²) in [5.41, 5.74) is 1.95. The van der Waals surface area contributed by atoms with Crippen molar-refractivity contribution in [3.05, 3.63) is 17.0 Å². The Kier molecular flexibility index (Phi) is 4.27. The number of aryl methyl sites for hydroxylation is 1. The lowest BCUT2D eigenvalue weighted by atomic mass is 10.0. The van der Waals surface area contributed by atoms with Gasteiger partial charge in [-0.05, 0) is 40.0 Å². The number of hydrogen-bond acceptors (Lipinski definition) is 4. The van der Waals surface area contributed by atoms with Crippen LogP contribution in [0.1, 0.15) is 55.4 Å². The molecule has 0 atom stereocenters. The van der Waals surface area contributed by atoms with E-state index in [2.05, 4.69) is 5.10 Å². The zero-order valence-corrected chi connectivity index (χ0v) is 15.0. The topological polar surface area (TPSA) is 67.7 Å². The maximum atomic E-state index is 12.7. The molecule has 2 amide bonds. The Labute approximate surface area is 142 Å². The normalized spacial score (nSPS) is 17.8. The minimum atomic E-state index is -0.513. The first kappa shape index (κ1) is 16.8. The number of ether oxygens (including phenoxy) is 1. The molecule has 0 aliphatic carbocycles. The largest absolute Gasteiger partial charge is 0.444 e. The highest BCUT2D eigenvalue weighted by Gasteiger charge is 2.33. The Morgan fingerprint density at radius 3 is 2.38 bits per heavy atom. The summed E-state index contributed by atoms with van der Waals surface area (Å²) >= 11 is 0. The highest BCUT2D eigenvalue weighted by atomic mass is 16.6. The second-order valence-corrected chi connectivity index (χ2v) is 7.55. The number of carbonyl (C=O) groups excluding carboxylic acids is 2. The van der Waals surface area contributed by atoms with Crippen LogP contribution in [0.15, 0.2) is 0 Å². The fourth-order valence-electron chi connectivity index (χ4n) is 3.29. The average molecular weight is 334 g/mol. The third-order valence-electron chi connectivity index (χ3n) is 4.49. The Morgan fingerprint density at radius 1 is 1.08 bits per heavy atom. The summed E-state index contributed by atoms with van der Waals surface area (Å²) in [6, 6.07) is 0. The van der Waals surface area contributed by atoms with E-state index in [1.807, 2.05) is 32.7 Å². The molecule has 132 valence electrons. The number of nitrogens with zero attached hydrogens (tertiary/aromatic N) is 4. The van der Waals surface area contributed by atoms with Crippen molar-refractivity contribution in [1.29, 1.82) is 0 Å². The summed E-state index contributed by atoms with van der Waals surface area (Å²) in [5, 5.41) is 4.45. The molecule has 1 aromatic rings. The van der Waals surface area contributed by atoms with Crippen molar-refractivity contribution in [3.63, 3.8) is 0 Å². The Hall–Kier alpha value is -2.05. The van der Waals surface area contributed by atoms with E-state index in [0.29, 0.717) is 25.2 Å². The first-order valence-electron chi connectivity index (χ1n) is 8.58. The van der Waals surface area contributed by atoms with Gasteiger partial charge < -0.3 is 14.5 Å². The molecular formula is C17H26N4O3. The summed E-state index contributed by atoms with van der Waals surface area (Å²) in [6.45, 7) is 8.18. The van der Waals surface area contributed by atoms with E-state index in [0.717, 1.165) is 37.2 Å². The van der Waals surface area contributed by atoms with E-state index in [9.17, 15) is 9.59 Å². The van der Waals surface area contributed by atoms with Crippen molar-refractivity contribution in [3.8, 4) is 0 Å². The molecule has 7 heteroatoms. The molecule has 3 heterocycles. The smallest absolute Gasteiger partial charge is 0.410 e. The van der Waals surface area contributed by atoms with Crippen LogP contribution in [0.5, 0.6) is 0 Å². The molecule has 1 aromatic heterocycles. The molecule has 7 nitrogen and oxygen atoms in total. The van der Waals surface area contributed by atoms with Gasteiger partial charge in [-0.2, -0.15) is 5.10 Å². The van der Waals surface area contributed by atoms with Crippen LogP contribution in [0.4, 0.5) is 4.79 Å². The van der Waals surface area contributed by atoms with Crippen molar-refractivity contribution < 1.29 is 14.3 Å². The first-order chi connectivity index (χ1) is 11.3. The van der Waals surface area contributed by atoms with Crippen molar-refractivity contribution in [2.45, 2.75) is 52.2 Å². The predicted octanol–water partition coefficient (Wildman–Crippen LogP) is 1.95. The van der Waals surface area contributed by atoms with Gasteiger partial charge in [-0.1, -0.05) is 0 Å². The molecular weight excluding hydrogens is 308 g/mol. The van der Waals surface area contributed by atoms with Gasteiger partial charge in [0.25, 0.3) is 5.91 Å². The molecule has 0 aromatic carbocycles. The number of amides is 2. The first-order valence-corrected chi connectivity index (χ1v) is 8.58. The molecule has 24 heavy (non-hydrogen) atoms. The van der Waals surface area contributed by atoms with Crippen LogP contribution in [-0.4, -0.2) is 56.8 Å². The van der Waals surface area contributed by atoms with Gasteiger partial charge in [0.2, 0.25) is 0 Å². The van der Waals surface area contributed by atoms with E-state index in [-0.39, 0.29) is 12.0 Å². The molecule has 1 saturated heterocycles. The number of fused-ring (bicyclic) bond motifs is 1. The average Bonchev–Trinajstić information content (AvgIpc) is 3.13. The summed E-state index contributed by atoms with van der Waals surface area (Å²) in [4.78, 5) is 28.5. The lowest BCUT2D eigenvalue weighted by molar-refractivity contribution is 0.0219. The number of carbonyl (C=O) groups is 2. The van der Waals surface area contributed by atoms with Gasteiger partial charge in [-0.25, -0.2) is 4.79 Å². The molecule has 3 rings (SSSR count). The maximum absolute atomic E-state index is 12.7.